The summed E-state index contributed by atoms with van der Waals surface area (Å²) < 4.78 is 24.2. The number of rotatable bonds is 5. The van der Waals surface area contributed by atoms with E-state index < -0.39 is 9.84 Å². The molecule has 8 nitrogen and oxygen atoms in total. The van der Waals surface area contributed by atoms with Crippen molar-refractivity contribution in [3.63, 3.8) is 0 Å². The van der Waals surface area contributed by atoms with Crippen molar-refractivity contribution in [1.82, 2.24) is 25.1 Å². The molecule has 1 aliphatic rings. The number of halogens is 1. The van der Waals surface area contributed by atoms with Gasteiger partial charge in [-0.1, -0.05) is 15.9 Å². The summed E-state index contributed by atoms with van der Waals surface area (Å²) in [5.41, 5.74) is 0.802. The quantitative estimate of drug-likeness (QED) is 0.709. The van der Waals surface area contributed by atoms with E-state index >= 15 is 0 Å². The Kier molecular flexibility index (Phi) is 5.19. The Bertz CT molecular complexity index is 866. The maximum absolute atomic E-state index is 12.5. The number of tetrazole rings is 1. The van der Waals surface area contributed by atoms with Crippen molar-refractivity contribution in [2.75, 3.05) is 18.1 Å². The Balaban J connectivity index is 1.69. The molecular formula is C15H18BrN5O3S. The van der Waals surface area contributed by atoms with Gasteiger partial charge in [0.25, 0.3) is 0 Å². The Morgan fingerprint density at radius 3 is 2.68 bits per heavy atom. The number of nitrogens with zero attached hydrogens (tertiary/aromatic N) is 5. The number of sulfone groups is 1. The fourth-order valence-electron chi connectivity index (χ4n) is 2.90. The standard InChI is InChI=1S/C15H18BrN5O3S/c1-2-20(13-7-8-25(23,24)10-13)14(22)9-21-18-15(17-19-21)11-3-5-12(16)6-4-11/h3-6,13H,2,7-10H2,1H3/t13-/m0/s1. The molecule has 0 N–H and O–H groups in total. The molecule has 1 aromatic carbocycles. The Morgan fingerprint density at radius 1 is 1.36 bits per heavy atom. The van der Waals surface area contributed by atoms with E-state index in [1.165, 1.54) is 4.80 Å². The van der Waals surface area contributed by atoms with E-state index in [9.17, 15) is 13.2 Å². The van der Waals surface area contributed by atoms with Crippen molar-refractivity contribution in [2.24, 2.45) is 0 Å². The van der Waals surface area contributed by atoms with Gasteiger partial charge in [-0.2, -0.15) is 4.80 Å². The molecule has 10 heteroatoms. The zero-order valence-electron chi connectivity index (χ0n) is 13.7. The SMILES string of the molecule is CCN(C(=O)Cn1nnc(-c2ccc(Br)cc2)n1)[C@H]1CCS(=O)(=O)C1. The molecule has 1 saturated heterocycles. The van der Waals surface area contributed by atoms with Crippen LogP contribution in [0.15, 0.2) is 28.7 Å². The first-order valence-corrected chi connectivity index (χ1v) is 10.5. The Morgan fingerprint density at radius 2 is 2.08 bits per heavy atom. The first-order valence-electron chi connectivity index (χ1n) is 7.91. The fraction of sp³-hybridized carbons (Fsp3) is 0.467. The molecule has 2 heterocycles. The van der Waals surface area contributed by atoms with E-state index in [-0.39, 0.29) is 30.0 Å². The summed E-state index contributed by atoms with van der Waals surface area (Å²) in [5.74, 6) is 0.397. The third kappa shape index (κ3) is 4.24. The van der Waals surface area contributed by atoms with Gasteiger partial charge in [0, 0.05) is 22.6 Å². The van der Waals surface area contributed by atoms with Crippen LogP contribution >= 0.6 is 15.9 Å². The number of aromatic nitrogens is 4. The van der Waals surface area contributed by atoms with Crippen molar-refractivity contribution in [2.45, 2.75) is 25.9 Å². The van der Waals surface area contributed by atoms with Crippen LogP contribution in [0.3, 0.4) is 0 Å². The summed E-state index contributed by atoms with van der Waals surface area (Å²) in [7, 11) is -3.04. The van der Waals surface area contributed by atoms with Crippen LogP contribution < -0.4 is 0 Å². The lowest BCUT2D eigenvalue weighted by Crippen LogP contribution is -2.42. The molecule has 0 unspecified atom stereocenters. The van der Waals surface area contributed by atoms with Gasteiger partial charge in [-0.15, -0.1) is 10.2 Å². The van der Waals surface area contributed by atoms with Crippen LogP contribution in [0.2, 0.25) is 0 Å². The van der Waals surface area contributed by atoms with Crippen LogP contribution in [0.1, 0.15) is 13.3 Å². The van der Waals surface area contributed by atoms with Gasteiger partial charge in [0.15, 0.2) is 9.84 Å². The zero-order valence-corrected chi connectivity index (χ0v) is 16.1. The second kappa shape index (κ2) is 7.20. The number of likely N-dealkylation sites (N-methyl/N-ethyl adjacent to an activating group) is 1. The number of hydrogen-bond donors (Lipinski definition) is 0. The van der Waals surface area contributed by atoms with Gasteiger partial charge in [0.1, 0.15) is 6.54 Å². The lowest BCUT2D eigenvalue weighted by molar-refractivity contribution is -0.133. The molecule has 0 bridgehead atoms. The predicted molar refractivity (Wildman–Crippen MR) is 95.4 cm³/mol. The maximum atomic E-state index is 12.5. The largest absolute Gasteiger partial charge is 0.337 e. The molecule has 1 fully saturated rings. The molecule has 134 valence electrons. The van der Waals surface area contributed by atoms with Crippen LogP contribution in [0.4, 0.5) is 0 Å². The molecule has 0 spiro atoms. The van der Waals surface area contributed by atoms with Crippen molar-refractivity contribution >= 4 is 31.7 Å². The first-order chi connectivity index (χ1) is 11.9. The molecule has 25 heavy (non-hydrogen) atoms. The second-order valence-corrected chi connectivity index (χ2v) is 9.03. The van der Waals surface area contributed by atoms with Crippen LogP contribution in [0, 0.1) is 0 Å². The molecule has 1 amide bonds. The summed E-state index contributed by atoms with van der Waals surface area (Å²) in [4.78, 5) is 15.4. The number of carbonyl (C=O) groups excluding carboxylic acids is 1. The zero-order chi connectivity index (χ0) is 18.0. The van der Waals surface area contributed by atoms with Crippen molar-refractivity contribution in [1.29, 1.82) is 0 Å². The monoisotopic (exact) mass is 427 g/mol. The number of carbonyl (C=O) groups is 1. The van der Waals surface area contributed by atoms with Crippen molar-refractivity contribution in [3.05, 3.63) is 28.7 Å². The lowest BCUT2D eigenvalue weighted by atomic mass is 10.2. The minimum absolute atomic E-state index is 0.0293. The number of hydrogen-bond acceptors (Lipinski definition) is 6. The van der Waals surface area contributed by atoms with Crippen LogP contribution in [0.5, 0.6) is 0 Å². The minimum Gasteiger partial charge on any atom is -0.337 e. The molecular weight excluding hydrogens is 410 g/mol. The Hall–Kier alpha value is -1.81. The average molecular weight is 428 g/mol. The Labute approximate surface area is 154 Å². The molecule has 1 aliphatic heterocycles. The van der Waals surface area contributed by atoms with Crippen molar-refractivity contribution in [3.8, 4) is 11.4 Å². The topological polar surface area (TPSA) is 98.1 Å². The van der Waals surface area contributed by atoms with Gasteiger partial charge in [-0.3, -0.25) is 4.79 Å². The van der Waals surface area contributed by atoms with E-state index in [1.807, 2.05) is 31.2 Å². The van der Waals surface area contributed by atoms with E-state index in [4.69, 9.17) is 0 Å². The number of benzene rings is 1. The predicted octanol–water partition coefficient (Wildman–Crippen LogP) is 1.14. The van der Waals surface area contributed by atoms with Gasteiger partial charge in [0.2, 0.25) is 11.7 Å². The molecule has 3 rings (SSSR count). The van der Waals surface area contributed by atoms with Gasteiger partial charge < -0.3 is 4.90 Å². The van der Waals surface area contributed by atoms with Gasteiger partial charge in [-0.25, -0.2) is 8.42 Å². The van der Waals surface area contributed by atoms with Crippen molar-refractivity contribution < 1.29 is 13.2 Å². The van der Waals surface area contributed by atoms with Crippen LogP contribution in [-0.2, 0) is 21.2 Å². The van der Waals surface area contributed by atoms with Gasteiger partial charge >= 0.3 is 0 Å². The number of amides is 1. The van der Waals surface area contributed by atoms with Crippen LogP contribution in [0.25, 0.3) is 11.4 Å². The van der Waals surface area contributed by atoms with E-state index in [0.717, 1.165) is 10.0 Å². The van der Waals surface area contributed by atoms with Gasteiger partial charge in [0.05, 0.1) is 11.5 Å². The highest BCUT2D eigenvalue weighted by Crippen LogP contribution is 2.19. The molecule has 0 radical (unpaired) electrons. The smallest absolute Gasteiger partial charge is 0.246 e. The molecule has 2 aromatic rings. The summed E-state index contributed by atoms with van der Waals surface area (Å²) in [6, 6.07) is 7.20. The third-order valence-electron chi connectivity index (χ3n) is 4.14. The summed E-state index contributed by atoms with van der Waals surface area (Å²) in [6.45, 7) is 2.23. The normalized spacial score (nSPS) is 19.0. The highest BCUT2D eigenvalue weighted by Gasteiger charge is 2.34. The highest BCUT2D eigenvalue weighted by atomic mass is 79.9. The van der Waals surface area contributed by atoms with Gasteiger partial charge in [-0.05, 0) is 42.8 Å². The van der Waals surface area contributed by atoms with E-state index in [0.29, 0.717) is 18.8 Å². The molecule has 0 aliphatic carbocycles. The highest BCUT2D eigenvalue weighted by molar-refractivity contribution is 9.10. The molecule has 1 aromatic heterocycles. The lowest BCUT2D eigenvalue weighted by Gasteiger charge is -2.26. The summed E-state index contributed by atoms with van der Waals surface area (Å²) in [6.07, 6.45) is 0.483. The maximum Gasteiger partial charge on any atom is 0.246 e. The summed E-state index contributed by atoms with van der Waals surface area (Å²) >= 11 is 3.37. The third-order valence-corrected chi connectivity index (χ3v) is 6.42. The fourth-order valence-corrected chi connectivity index (χ4v) is 4.89. The minimum atomic E-state index is -3.04. The average Bonchev–Trinajstić information content (AvgIpc) is 3.15. The molecule has 1 atom stereocenters. The summed E-state index contributed by atoms with van der Waals surface area (Å²) in [5, 5.41) is 12.1. The first kappa shape index (κ1) is 18.0. The van der Waals surface area contributed by atoms with Crippen LogP contribution in [-0.4, -0.2) is 63.5 Å². The second-order valence-electron chi connectivity index (χ2n) is 5.89. The van der Waals surface area contributed by atoms with E-state index in [1.54, 1.807) is 4.90 Å². The van der Waals surface area contributed by atoms with E-state index in [2.05, 4.69) is 31.3 Å². The molecule has 0 saturated carbocycles.